The summed E-state index contributed by atoms with van der Waals surface area (Å²) in [5.74, 6) is 0.497. The lowest BCUT2D eigenvalue weighted by Crippen LogP contribution is -2.19. The van der Waals surface area contributed by atoms with Crippen LogP contribution in [-0.2, 0) is 28.8 Å². The molecule has 1 N–H and O–H groups in total. The van der Waals surface area contributed by atoms with Crippen molar-refractivity contribution >= 4 is 18.0 Å². The number of nitrogens with one attached hydrogen (secondary N) is 1. The van der Waals surface area contributed by atoms with E-state index in [4.69, 9.17) is 4.74 Å². The smallest absolute Gasteiger partial charge is 0.306 e. The van der Waals surface area contributed by atoms with E-state index in [0.717, 1.165) is 36.8 Å². The molecule has 0 saturated heterocycles. The zero-order chi connectivity index (χ0) is 26.2. The van der Waals surface area contributed by atoms with Crippen molar-refractivity contribution in [2.75, 3.05) is 7.05 Å². The standard InChI is InChI=1S/C24H29NO3.C9H8/c1-16(2)8-13-22(26)28-23-20(15-19-6-4-5-7-21(19)23)14-17-9-11-18(12-10-17)24(27)25-3;1-2-5-9-7-3-6-8(9)4-1/h4-7,9-12,16,20,23H,8,13-15H2,1-3H3,(H,25,27);1-6H,7H2/t20-,23-;/m1./s1. The number of carbonyl (C=O) groups is 2. The predicted octanol–water partition coefficient (Wildman–Crippen LogP) is 6.74. The quantitative estimate of drug-likeness (QED) is 0.370. The Kier molecular flexibility index (Phi) is 8.95. The average Bonchev–Trinajstić information content (AvgIpc) is 3.53. The summed E-state index contributed by atoms with van der Waals surface area (Å²) in [7, 11) is 1.63. The molecule has 192 valence electrons. The van der Waals surface area contributed by atoms with Crippen molar-refractivity contribution in [3.63, 3.8) is 0 Å². The number of rotatable bonds is 7. The number of amides is 1. The largest absolute Gasteiger partial charge is 0.457 e. The van der Waals surface area contributed by atoms with Crippen molar-refractivity contribution in [2.24, 2.45) is 11.8 Å². The number of benzene rings is 3. The van der Waals surface area contributed by atoms with Gasteiger partial charge in [-0.15, -0.1) is 0 Å². The van der Waals surface area contributed by atoms with Crippen molar-refractivity contribution in [3.05, 3.63) is 112 Å². The van der Waals surface area contributed by atoms with Crippen LogP contribution in [0.4, 0.5) is 0 Å². The van der Waals surface area contributed by atoms with Crippen LogP contribution in [0.15, 0.2) is 78.9 Å². The molecule has 2 aliphatic rings. The lowest BCUT2D eigenvalue weighted by Gasteiger charge is -2.21. The second-order valence-corrected chi connectivity index (χ2v) is 10.3. The molecule has 37 heavy (non-hydrogen) atoms. The van der Waals surface area contributed by atoms with E-state index in [1.807, 2.05) is 36.4 Å². The zero-order valence-electron chi connectivity index (χ0n) is 22.1. The summed E-state index contributed by atoms with van der Waals surface area (Å²) in [5, 5.41) is 2.64. The topological polar surface area (TPSA) is 55.4 Å². The highest BCUT2D eigenvalue weighted by molar-refractivity contribution is 5.93. The lowest BCUT2D eigenvalue weighted by molar-refractivity contribution is -0.152. The van der Waals surface area contributed by atoms with E-state index >= 15 is 0 Å². The van der Waals surface area contributed by atoms with E-state index in [2.05, 4.69) is 67.7 Å². The summed E-state index contributed by atoms with van der Waals surface area (Å²) < 4.78 is 5.95. The maximum absolute atomic E-state index is 12.4. The number of fused-ring (bicyclic) bond motifs is 2. The highest BCUT2D eigenvalue weighted by atomic mass is 16.5. The molecule has 2 atom stereocenters. The van der Waals surface area contributed by atoms with Crippen molar-refractivity contribution in [2.45, 2.75) is 52.1 Å². The fourth-order valence-electron chi connectivity index (χ4n) is 5.02. The van der Waals surface area contributed by atoms with E-state index in [1.165, 1.54) is 16.7 Å². The van der Waals surface area contributed by atoms with Gasteiger partial charge < -0.3 is 10.1 Å². The molecule has 0 radical (unpaired) electrons. The molecule has 0 unspecified atom stereocenters. The number of esters is 1. The first-order valence-electron chi connectivity index (χ1n) is 13.3. The number of allylic oxidation sites excluding steroid dienone is 1. The highest BCUT2D eigenvalue weighted by Crippen LogP contribution is 2.40. The Morgan fingerprint density at radius 3 is 2.35 bits per heavy atom. The Labute approximate surface area is 220 Å². The van der Waals surface area contributed by atoms with Gasteiger partial charge in [-0.25, -0.2) is 0 Å². The molecule has 2 aliphatic carbocycles. The van der Waals surface area contributed by atoms with Gasteiger partial charge >= 0.3 is 5.97 Å². The maximum atomic E-state index is 12.4. The summed E-state index contributed by atoms with van der Waals surface area (Å²) in [6, 6.07) is 24.4. The van der Waals surface area contributed by atoms with Crippen LogP contribution in [0.25, 0.3) is 6.08 Å². The Hall–Kier alpha value is -3.66. The molecule has 0 aliphatic heterocycles. The number of carbonyl (C=O) groups excluding carboxylic acids is 2. The van der Waals surface area contributed by atoms with Gasteiger partial charge in [0.15, 0.2) is 0 Å². The first-order valence-corrected chi connectivity index (χ1v) is 13.3. The van der Waals surface area contributed by atoms with Crippen LogP contribution >= 0.6 is 0 Å². The fourth-order valence-corrected chi connectivity index (χ4v) is 5.02. The van der Waals surface area contributed by atoms with E-state index in [1.54, 1.807) is 7.05 Å². The Morgan fingerprint density at radius 1 is 0.946 bits per heavy atom. The van der Waals surface area contributed by atoms with Crippen molar-refractivity contribution in [1.29, 1.82) is 0 Å². The van der Waals surface area contributed by atoms with Gasteiger partial charge in [0.05, 0.1) is 0 Å². The highest BCUT2D eigenvalue weighted by Gasteiger charge is 2.35. The average molecular weight is 496 g/mol. The summed E-state index contributed by atoms with van der Waals surface area (Å²) in [6.45, 7) is 4.23. The molecule has 0 heterocycles. The lowest BCUT2D eigenvalue weighted by atomic mass is 9.94. The molecule has 0 aromatic heterocycles. The van der Waals surface area contributed by atoms with Gasteiger partial charge in [0, 0.05) is 24.9 Å². The first kappa shape index (κ1) is 26.4. The zero-order valence-corrected chi connectivity index (χ0v) is 22.1. The van der Waals surface area contributed by atoms with Gasteiger partial charge in [-0.1, -0.05) is 86.7 Å². The van der Waals surface area contributed by atoms with Gasteiger partial charge in [0.1, 0.15) is 6.10 Å². The Morgan fingerprint density at radius 2 is 1.65 bits per heavy atom. The van der Waals surface area contributed by atoms with Crippen molar-refractivity contribution in [3.8, 4) is 0 Å². The van der Waals surface area contributed by atoms with Gasteiger partial charge in [0.25, 0.3) is 5.91 Å². The molecule has 0 saturated carbocycles. The molecule has 4 nitrogen and oxygen atoms in total. The molecular weight excluding hydrogens is 458 g/mol. The molecule has 5 rings (SSSR count). The summed E-state index contributed by atoms with van der Waals surface area (Å²) in [4.78, 5) is 24.1. The fraction of sp³-hybridized carbons (Fsp3) is 0.333. The van der Waals surface area contributed by atoms with Gasteiger partial charge in [-0.2, -0.15) is 0 Å². The summed E-state index contributed by atoms with van der Waals surface area (Å²) in [5.41, 5.74) is 7.03. The van der Waals surface area contributed by atoms with Crippen LogP contribution in [0.5, 0.6) is 0 Å². The van der Waals surface area contributed by atoms with E-state index in [-0.39, 0.29) is 23.9 Å². The minimum Gasteiger partial charge on any atom is -0.457 e. The summed E-state index contributed by atoms with van der Waals surface area (Å²) in [6.07, 6.45) is 8.31. The molecule has 0 spiro atoms. The number of ether oxygens (including phenoxy) is 1. The molecular formula is C33H37NO3. The van der Waals surface area contributed by atoms with Gasteiger partial charge in [-0.05, 0) is 71.6 Å². The van der Waals surface area contributed by atoms with Gasteiger partial charge in [-0.3, -0.25) is 9.59 Å². The molecule has 0 fully saturated rings. The van der Waals surface area contributed by atoms with Gasteiger partial charge in [0.2, 0.25) is 0 Å². The Bertz CT molecular complexity index is 1240. The summed E-state index contributed by atoms with van der Waals surface area (Å²) >= 11 is 0. The third kappa shape index (κ3) is 6.97. The molecule has 1 amide bonds. The third-order valence-corrected chi connectivity index (χ3v) is 7.09. The molecule has 3 aromatic carbocycles. The van der Waals surface area contributed by atoms with Crippen LogP contribution in [0.1, 0.15) is 71.0 Å². The van der Waals surface area contributed by atoms with Crippen LogP contribution in [0.2, 0.25) is 0 Å². The molecule has 0 bridgehead atoms. The Balaban J connectivity index is 0.000000295. The first-order chi connectivity index (χ1) is 17.9. The van der Waals surface area contributed by atoms with E-state index in [0.29, 0.717) is 17.9 Å². The van der Waals surface area contributed by atoms with Crippen LogP contribution in [-0.4, -0.2) is 18.9 Å². The predicted molar refractivity (Wildman–Crippen MR) is 149 cm³/mol. The SMILES string of the molecule is C1=Cc2ccccc2C1.CNC(=O)c1ccc(C[C@@H]2Cc3ccccc3[C@@H]2OC(=O)CCC(C)C)cc1. The number of hydrogen-bond donors (Lipinski definition) is 1. The third-order valence-electron chi connectivity index (χ3n) is 7.09. The maximum Gasteiger partial charge on any atom is 0.306 e. The molecule has 4 heteroatoms. The van der Waals surface area contributed by atoms with Crippen LogP contribution < -0.4 is 5.32 Å². The minimum absolute atomic E-state index is 0.0863. The van der Waals surface area contributed by atoms with Crippen molar-refractivity contribution in [1.82, 2.24) is 5.32 Å². The second kappa shape index (κ2) is 12.5. The van der Waals surface area contributed by atoms with Crippen molar-refractivity contribution < 1.29 is 14.3 Å². The van der Waals surface area contributed by atoms with E-state index < -0.39 is 0 Å². The minimum atomic E-state index is -0.200. The van der Waals surface area contributed by atoms with E-state index in [9.17, 15) is 9.59 Å². The van der Waals surface area contributed by atoms with Crippen LogP contribution in [0, 0.1) is 11.8 Å². The normalized spacial score (nSPS) is 17.0. The molecule has 3 aromatic rings. The second-order valence-electron chi connectivity index (χ2n) is 10.3. The monoisotopic (exact) mass is 495 g/mol. The number of hydrogen-bond acceptors (Lipinski definition) is 3. The van der Waals surface area contributed by atoms with Crippen LogP contribution in [0.3, 0.4) is 0 Å².